The van der Waals surface area contributed by atoms with Gasteiger partial charge >= 0.3 is 0 Å². The highest BCUT2D eigenvalue weighted by Gasteiger charge is 2.26. The lowest BCUT2D eigenvalue weighted by Gasteiger charge is -2.35. The van der Waals surface area contributed by atoms with Gasteiger partial charge in [0.2, 0.25) is 0 Å². The molecule has 1 saturated heterocycles. The Morgan fingerprint density at radius 1 is 1.10 bits per heavy atom. The number of amides is 2. The van der Waals surface area contributed by atoms with Crippen LogP contribution in [0.5, 0.6) is 5.75 Å². The number of carbonyl (C=O) groups excluding carboxylic acids is 2. The van der Waals surface area contributed by atoms with E-state index in [1.807, 2.05) is 13.8 Å². The van der Waals surface area contributed by atoms with Crippen LogP contribution >= 0.6 is 0 Å². The molecule has 0 spiro atoms. The minimum absolute atomic E-state index is 0.00205. The topological polar surface area (TPSA) is 67.9 Å². The number of halogens is 2. The van der Waals surface area contributed by atoms with Gasteiger partial charge in [-0.15, -0.1) is 0 Å². The number of hydrogen-bond acceptors (Lipinski definition) is 4. The standard InChI is InChI=1S/C22H24F2N2O4/c1-14-11-26(12-15(2)30-14)22(28)17-5-3-16(4-6-17)10-25-21(27)13-29-20-8-7-18(23)9-19(20)24/h3-9,14-15H,10-13H2,1-2H3,(H,25,27). The highest BCUT2D eigenvalue weighted by Crippen LogP contribution is 2.17. The lowest BCUT2D eigenvalue weighted by Crippen LogP contribution is -2.48. The fourth-order valence-corrected chi connectivity index (χ4v) is 3.28. The van der Waals surface area contributed by atoms with Crippen LogP contribution in [0, 0.1) is 11.6 Å². The Morgan fingerprint density at radius 2 is 1.77 bits per heavy atom. The van der Waals surface area contributed by atoms with Crippen molar-refractivity contribution in [1.29, 1.82) is 0 Å². The van der Waals surface area contributed by atoms with Gasteiger partial charge in [-0.1, -0.05) is 12.1 Å². The van der Waals surface area contributed by atoms with Crippen molar-refractivity contribution in [3.63, 3.8) is 0 Å². The molecule has 1 aliphatic rings. The minimum atomic E-state index is -0.868. The third-order valence-electron chi connectivity index (χ3n) is 4.65. The number of nitrogens with one attached hydrogen (secondary N) is 1. The number of morpholine rings is 1. The van der Waals surface area contributed by atoms with E-state index in [2.05, 4.69) is 5.32 Å². The third kappa shape index (κ3) is 5.76. The summed E-state index contributed by atoms with van der Waals surface area (Å²) in [6.07, 6.45) is -0.00409. The Hall–Kier alpha value is -3.00. The molecule has 1 heterocycles. The van der Waals surface area contributed by atoms with Crippen LogP contribution in [0.3, 0.4) is 0 Å². The summed E-state index contributed by atoms with van der Waals surface area (Å²) in [5.41, 5.74) is 1.37. The minimum Gasteiger partial charge on any atom is -0.481 e. The van der Waals surface area contributed by atoms with Crippen molar-refractivity contribution in [3.8, 4) is 5.75 Å². The van der Waals surface area contributed by atoms with Crippen LogP contribution in [0.2, 0.25) is 0 Å². The first-order chi connectivity index (χ1) is 14.3. The van der Waals surface area contributed by atoms with E-state index in [0.717, 1.165) is 17.7 Å². The Kier molecular flexibility index (Phi) is 6.99. The van der Waals surface area contributed by atoms with Gasteiger partial charge in [-0.25, -0.2) is 8.78 Å². The van der Waals surface area contributed by atoms with Crippen molar-refractivity contribution in [1.82, 2.24) is 10.2 Å². The summed E-state index contributed by atoms with van der Waals surface area (Å²) in [6, 6.07) is 9.84. The highest BCUT2D eigenvalue weighted by molar-refractivity contribution is 5.94. The average Bonchev–Trinajstić information content (AvgIpc) is 2.70. The molecule has 1 aliphatic heterocycles. The second-order valence-electron chi connectivity index (χ2n) is 7.30. The number of hydrogen-bond donors (Lipinski definition) is 1. The summed E-state index contributed by atoms with van der Waals surface area (Å²) in [5, 5.41) is 2.65. The van der Waals surface area contributed by atoms with Crippen LogP contribution in [0.1, 0.15) is 29.8 Å². The van der Waals surface area contributed by atoms with E-state index in [-0.39, 0.29) is 30.4 Å². The molecule has 2 unspecified atom stereocenters. The predicted octanol–water partition coefficient (Wildman–Crippen LogP) is 2.91. The van der Waals surface area contributed by atoms with Crippen LogP contribution in [-0.2, 0) is 16.1 Å². The van der Waals surface area contributed by atoms with Gasteiger partial charge in [0.15, 0.2) is 18.2 Å². The summed E-state index contributed by atoms with van der Waals surface area (Å²) in [7, 11) is 0. The van der Waals surface area contributed by atoms with Gasteiger partial charge < -0.3 is 19.7 Å². The SMILES string of the molecule is CC1CN(C(=O)c2ccc(CNC(=O)COc3ccc(F)cc3F)cc2)CC(C)O1. The molecule has 8 heteroatoms. The van der Waals surface area contributed by atoms with Gasteiger partial charge in [-0.2, -0.15) is 0 Å². The number of rotatable bonds is 6. The lowest BCUT2D eigenvalue weighted by atomic mass is 10.1. The quantitative estimate of drug-likeness (QED) is 0.783. The molecule has 2 aromatic rings. The molecular weight excluding hydrogens is 394 g/mol. The van der Waals surface area contributed by atoms with Gasteiger partial charge in [0.1, 0.15) is 5.82 Å². The van der Waals surface area contributed by atoms with Crippen LogP contribution in [0.25, 0.3) is 0 Å². The second-order valence-corrected chi connectivity index (χ2v) is 7.30. The van der Waals surface area contributed by atoms with Crippen LogP contribution < -0.4 is 10.1 Å². The first-order valence-electron chi connectivity index (χ1n) is 9.70. The Labute approximate surface area is 173 Å². The normalized spacial score (nSPS) is 18.7. The maximum absolute atomic E-state index is 13.5. The first kappa shape index (κ1) is 21.7. The van der Waals surface area contributed by atoms with E-state index >= 15 is 0 Å². The Morgan fingerprint density at radius 3 is 2.40 bits per heavy atom. The zero-order chi connectivity index (χ0) is 21.7. The lowest BCUT2D eigenvalue weighted by molar-refractivity contribution is -0.123. The summed E-state index contributed by atoms with van der Waals surface area (Å²) < 4.78 is 37.1. The monoisotopic (exact) mass is 418 g/mol. The maximum atomic E-state index is 13.5. The van der Waals surface area contributed by atoms with Crippen LogP contribution in [0.15, 0.2) is 42.5 Å². The molecule has 0 aromatic heterocycles. The molecule has 1 N–H and O–H groups in total. The molecule has 1 fully saturated rings. The first-order valence-corrected chi connectivity index (χ1v) is 9.70. The largest absolute Gasteiger partial charge is 0.481 e. The number of carbonyl (C=O) groups is 2. The molecule has 160 valence electrons. The average molecular weight is 418 g/mol. The predicted molar refractivity (Wildman–Crippen MR) is 106 cm³/mol. The molecule has 0 aliphatic carbocycles. The summed E-state index contributed by atoms with van der Waals surface area (Å²) in [6.45, 7) is 4.82. The number of nitrogens with zero attached hydrogens (tertiary/aromatic N) is 1. The zero-order valence-corrected chi connectivity index (χ0v) is 16.9. The molecule has 2 amide bonds. The van der Waals surface area contributed by atoms with E-state index in [0.29, 0.717) is 24.7 Å². The molecule has 2 aromatic carbocycles. The third-order valence-corrected chi connectivity index (χ3v) is 4.65. The van der Waals surface area contributed by atoms with Crippen molar-refractivity contribution in [2.45, 2.75) is 32.6 Å². The van der Waals surface area contributed by atoms with Crippen molar-refractivity contribution in [2.24, 2.45) is 0 Å². The van der Waals surface area contributed by atoms with Crippen molar-refractivity contribution < 1.29 is 27.8 Å². The fraction of sp³-hybridized carbons (Fsp3) is 0.364. The zero-order valence-electron chi connectivity index (χ0n) is 16.9. The fourth-order valence-electron chi connectivity index (χ4n) is 3.28. The highest BCUT2D eigenvalue weighted by atomic mass is 19.1. The summed E-state index contributed by atoms with van der Waals surface area (Å²) >= 11 is 0. The van der Waals surface area contributed by atoms with Gasteiger partial charge in [0, 0.05) is 31.3 Å². The van der Waals surface area contributed by atoms with Crippen LogP contribution in [-0.4, -0.2) is 48.6 Å². The van der Waals surface area contributed by atoms with Gasteiger partial charge in [0.05, 0.1) is 12.2 Å². The summed E-state index contributed by atoms with van der Waals surface area (Å²) in [4.78, 5) is 26.4. The molecule has 0 saturated carbocycles. The van der Waals surface area contributed by atoms with Crippen LogP contribution in [0.4, 0.5) is 8.78 Å². The second kappa shape index (κ2) is 9.67. The van der Waals surface area contributed by atoms with E-state index in [1.165, 1.54) is 0 Å². The van der Waals surface area contributed by atoms with Gasteiger partial charge in [-0.3, -0.25) is 9.59 Å². The molecule has 3 rings (SSSR count). The van der Waals surface area contributed by atoms with Crippen molar-refractivity contribution in [2.75, 3.05) is 19.7 Å². The molecule has 0 radical (unpaired) electrons. The van der Waals surface area contributed by atoms with Gasteiger partial charge in [-0.05, 0) is 43.7 Å². The van der Waals surface area contributed by atoms with Crippen molar-refractivity contribution >= 4 is 11.8 Å². The van der Waals surface area contributed by atoms with E-state index in [1.54, 1.807) is 29.2 Å². The Balaban J connectivity index is 1.48. The van der Waals surface area contributed by atoms with Gasteiger partial charge in [0.25, 0.3) is 11.8 Å². The molecule has 6 nitrogen and oxygen atoms in total. The molecular formula is C22H24F2N2O4. The number of benzene rings is 2. The summed E-state index contributed by atoms with van der Waals surface area (Å²) in [5.74, 6) is -2.28. The molecule has 2 atom stereocenters. The number of ether oxygens (including phenoxy) is 2. The smallest absolute Gasteiger partial charge is 0.258 e. The van der Waals surface area contributed by atoms with Crippen molar-refractivity contribution in [3.05, 3.63) is 65.2 Å². The van der Waals surface area contributed by atoms with E-state index in [4.69, 9.17) is 9.47 Å². The maximum Gasteiger partial charge on any atom is 0.258 e. The molecule has 30 heavy (non-hydrogen) atoms. The Bertz CT molecular complexity index is 895. The van der Waals surface area contributed by atoms with E-state index in [9.17, 15) is 18.4 Å². The molecule has 0 bridgehead atoms. The van der Waals surface area contributed by atoms with E-state index < -0.39 is 24.1 Å².